The molecule has 0 fully saturated rings. The Kier molecular flexibility index (Phi) is 2.06. The van der Waals surface area contributed by atoms with Crippen LogP contribution in [0, 0.1) is 10.6 Å². The van der Waals surface area contributed by atoms with Gasteiger partial charge in [0.1, 0.15) is 0 Å². The molecule has 1 heterocycles. The quantitative estimate of drug-likeness (QED) is 0.417. The fourth-order valence-electron chi connectivity index (χ4n) is 2.00. The molecule has 1 aliphatic rings. The second-order valence-corrected chi connectivity index (χ2v) is 5.37. The third kappa shape index (κ3) is 1.62. The van der Waals surface area contributed by atoms with Crippen LogP contribution in [-0.4, -0.2) is 16.0 Å². The van der Waals surface area contributed by atoms with E-state index in [4.69, 9.17) is 0 Å². The maximum atomic E-state index is 11.9. The molecule has 1 rings (SSSR count). The third-order valence-electron chi connectivity index (χ3n) is 2.38. The summed E-state index contributed by atoms with van der Waals surface area (Å²) in [5.41, 5.74) is 1.60. The number of hydrogen-bond acceptors (Lipinski definition) is 1. The normalized spacial score (nSPS) is 22.2. The molecule has 0 atom stereocenters. The van der Waals surface area contributed by atoms with Gasteiger partial charge < -0.3 is 5.21 Å². The van der Waals surface area contributed by atoms with Gasteiger partial charge in [-0.3, -0.25) is 0 Å². The minimum atomic E-state index is -0.368. The molecule has 0 aromatic rings. The summed E-state index contributed by atoms with van der Waals surface area (Å²) < 4.78 is 1.14. The largest absolute Gasteiger partial charge is 0.623 e. The molecule has 2 nitrogen and oxygen atoms in total. The van der Waals surface area contributed by atoms with E-state index in [-0.39, 0.29) is 11.0 Å². The molecule has 0 saturated carbocycles. The predicted molar refractivity (Wildman–Crippen MR) is 55.9 cm³/mol. The van der Waals surface area contributed by atoms with E-state index in [1.165, 1.54) is 0 Å². The van der Waals surface area contributed by atoms with E-state index < -0.39 is 0 Å². The first-order chi connectivity index (χ1) is 5.66. The molecule has 2 heteroatoms. The van der Waals surface area contributed by atoms with Crippen molar-refractivity contribution in [3.05, 3.63) is 16.9 Å². The summed E-state index contributed by atoms with van der Waals surface area (Å²) in [5, 5.41) is 11.9. The molecule has 0 aliphatic carbocycles. The molecule has 0 spiro atoms. The summed E-state index contributed by atoms with van der Waals surface area (Å²) in [6.45, 7) is 12.1. The molecule has 0 unspecified atom stereocenters. The number of nitrogens with zero attached hydrogens (tertiary/aromatic N) is 1. The summed E-state index contributed by atoms with van der Waals surface area (Å²) in [4.78, 5) is 0. The van der Waals surface area contributed by atoms with Crippen LogP contribution in [0.1, 0.15) is 41.5 Å². The van der Waals surface area contributed by atoms with Gasteiger partial charge >= 0.3 is 0 Å². The number of rotatable bonds is 0. The van der Waals surface area contributed by atoms with Crippen molar-refractivity contribution in [2.45, 2.75) is 47.1 Å². The molecule has 0 aromatic heterocycles. The Hall–Kier alpha value is -0.790. The van der Waals surface area contributed by atoms with Crippen LogP contribution >= 0.6 is 0 Å². The Bertz CT molecular complexity index is 290. The molecule has 74 valence electrons. The van der Waals surface area contributed by atoms with Crippen LogP contribution in [0.15, 0.2) is 11.6 Å². The highest BCUT2D eigenvalue weighted by Crippen LogP contribution is 2.30. The highest BCUT2D eigenvalue weighted by Gasteiger charge is 2.40. The van der Waals surface area contributed by atoms with E-state index in [9.17, 15) is 5.21 Å². The molecule has 0 bridgehead atoms. The standard InChI is InChI=1S/C11H19NO/c1-8-7-11(5,6)12(13)9(8)10(2,3)4/h7H,1-6H3. The lowest BCUT2D eigenvalue weighted by molar-refractivity contribution is -0.523. The highest BCUT2D eigenvalue weighted by molar-refractivity contribution is 6.01. The maximum Gasteiger partial charge on any atom is 0.196 e. The van der Waals surface area contributed by atoms with Gasteiger partial charge in [0.25, 0.3) is 0 Å². The zero-order valence-corrected chi connectivity index (χ0v) is 9.43. The van der Waals surface area contributed by atoms with Crippen LogP contribution in [0.3, 0.4) is 0 Å². The van der Waals surface area contributed by atoms with Gasteiger partial charge in [0, 0.05) is 24.8 Å². The second-order valence-electron chi connectivity index (χ2n) is 5.37. The molecule has 0 aromatic carbocycles. The number of hydrogen-bond donors (Lipinski definition) is 0. The maximum absolute atomic E-state index is 11.9. The minimum absolute atomic E-state index is 0.0594. The Morgan fingerprint density at radius 2 is 1.77 bits per heavy atom. The van der Waals surface area contributed by atoms with Gasteiger partial charge in [-0.1, -0.05) is 20.8 Å². The zero-order valence-electron chi connectivity index (χ0n) is 9.43. The zero-order chi connectivity index (χ0) is 10.4. The fourth-order valence-corrected chi connectivity index (χ4v) is 2.00. The fraction of sp³-hybridized carbons (Fsp3) is 0.727. The SMILES string of the molecule is CC1=CC(C)(C)[N+]([O-])=C1C(C)(C)C. The van der Waals surface area contributed by atoms with Crippen LogP contribution in [0.2, 0.25) is 0 Å². The van der Waals surface area contributed by atoms with Crippen LogP contribution < -0.4 is 0 Å². The first-order valence-corrected chi connectivity index (χ1v) is 4.71. The summed E-state index contributed by atoms with van der Waals surface area (Å²) in [5.74, 6) is 0. The van der Waals surface area contributed by atoms with Crippen molar-refractivity contribution in [1.82, 2.24) is 0 Å². The molecule has 0 radical (unpaired) electrons. The van der Waals surface area contributed by atoms with Crippen molar-refractivity contribution < 1.29 is 4.74 Å². The van der Waals surface area contributed by atoms with E-state index in [0.29, 0.717) is 0 Å². The van der Waals surface area contributed by atoms with Crippen molar-refractivity contribution in [3.63, 3.8) is 0 Å². The van der Waals surface area contributed by atoms with Crippen molar-refractivity contribution in [1.29, 1.82) is 0 Å². The van der Waals surface area contributed by atoms with E-state index in [2.05, 4.69) is 20.8 Å². The topological polar surface area (TPSA) is 26.1 Å². The van der Waals surface area contributed by atoms with Gasteiger partial charge in [0.05, 0.1) is 0 Å². The van der Waals surface area contributed by atoms with Crippen LogP contribution in [0.5, 0.6) is 0 Å². The third-order valence-corrected chi connectivity index (χ3v) is 2.38. The monoisotopic (exact) mass is 181 g/mol. The van der Waals surface area contributed by atoms with E-state index in [1.54, 1.807) is 0 Å². The van der Waals surface area contributed by atoms with Crippen molar-refractivity contribution >= 4 is 5.71 Å². The van der Waals surface area contributed by atoms with E-state index >= 15 is 0 Å². The smallest absolute Gasteiger partial charge is 0.196 e. The van der Waals surface area contributed by atoms with Crippen molar-refractivity contribution in [2.75, 3.05) is 0 Å². The Balaban J connectivity index is 3.26. The lowest BCUT2D eigenvalue weighted by Crippen LogP contribution is -2.34. The van der Waals surface area contributed by atoms with Crippen LogP contribution in [-0.2, 0) is 0 Å². The Labute approximate surface area is 80.5 Å². The molecule has 0 N–H and O–H groups in total. The molecule has 1 aliphatic heterocycles. The van der Waals surface area contributed by atoms with Crippen LogP contribution in [0.25, 0.3) is 0 Å². The lowest BCUT2D eigenvalue weighted by Gasteiger charge is -2.23. The molecular formula is C11H19NO. The molecular weight excluding hydrogens is 162 g/mol. The van der Waals surface area contributed by atoms with E-state index in [1.807, 2.05) is 26.8 Å². The first kappa shape index (κ1) is 10.3. The number of hydroxylamine groups is 1. The molecule has 13 heavy (non-hydrogen) atoms. The van der Waals surface area contributed by atoms with Gasteiger partial charge in [0.2, 0.25) is 0 Å². The summed E-state index contributed by atoms with van der Waals surface area (Å²) >= 11 is 0. The van der Waals surface area contributed by atoms with E-state index in [0.717, 1.165) is 16.0 Å². The van der Waals surface area contributed by atoms with Crippen molar-refractivity contribution in [3.8, 4) is 0 Å². The van der Waals surface area contributed by atoms with Gasteiger partial charge in [-0.15, -0.1) is 0 Å². The average Bonchev–Trinajstić information content (AvgIpc) is 1.99. The predicted octanol–water partition coefficient (Wildman–Crippen LogP) is 2.72. The Morgan fingerprint density at radius 1 is 1.31 bits per heavy atom. The minimum Gasteiger partial charge on any atom is -0.623 e. The van der Waals surface area contributed by atoms with Crippen LogP contribution in [0.4, 0.5) is 0 Å². The molecule has 0 saturated heterocycles. The number of allylic oxidation sites excluding steroid dienone is 1. The molecule has 0 amide bonds. The Morgan fingerprint density at radius 3 is 1.92 bits per heavy atom. The average molecular weight is 181 g/mol. The van der Waals surface area contributed by atoms with Gasteiger partial charge in [-0.05, 0) is 13.0 Å². The summed E-state index contributed by atoms with van der Waals surface area (Å²) in [6, 6.07) is 0. The van der Waals surface area contributed by atoms with Crippen molar-refractivity contribution in [2.24, 2.45) is 5.41 Å². The van der Waals surface area contributed by atoms with Gasteiger partial charge in [0.15, 0.2) is 11.3 Å². The first-order valence-electron chi connectivity index (χ1n) is 4.71. The highest BCUT2D eigenvalue weighted by atomic mass is 16.5. The second kappa shape index (κ2) is 2.60. The summed E-state index contributed by atoms with van der Waals surface area (Å²) in [6.07, 6.45) is 2.04. The van der Waals surface area contributed by atoms with Gasteiger partial charge in [-0.2, -0.15) is 4.74 Å². The van der Waals surface area contributed by atoms with Gasteiger partial charge in [-0.25, -0.2) is 0 Å². The lowest BCUT2D eigenvalue weighted by atomic mass is 9.86. The summed E-state index contributed by atoms with van der Waals surface area (Å²) in [7, 11) is 0.